The van der Waals surface area contributed by atoms with E-state index in [1.807, 2.05) is 0 Å². The maximum atomic E-state index is 13.3. The highest BCUT2D eigenvalue weighted by atomic mass is 28.4. The molecule has 1 aromatic carbocycles. The molecule has 0 amide bonds. The Bertz CT molecular complexity index is 478. The highest BCUT2D eigenvalue weighted by Crippen LogP contribution is 2.37. The van der Waals surface area contributed by atoms with E-state index in [0.717, 1.165) is 0 Å². The molecule has 0 saturated heterocycles. The zero-order chi connectivity index (χ0) is 14.8. The summed E-state index contributed by atoms with van der Waals surface area (Å²) in [7, 11) is -1.89. The second-order valence-electron chi connectivity index (χ2n) is 6.17. The number of benzene rings is 1. The largest absolute Gasteiger partial charge is 0.478 e. The summed E-state index contributed by atoms with van der Waals surface area (Å²) in [5.74, 6) is -1.98. The minimum Gasteiger partial charge on any atom is -0.478 e. The van der Waals surface area contributed by atoms with E-state index in [1.165, 1.54) is 12.1 Å². The zero-order valence-corrected chi connectivity index (χ0v) is 13.1. The minimum atomic E-state index is -1.89. The Labute approximate surface area is 114 Å². The van der Waals surface area contributed by atoms with Gasteiger partial charge >= 0.3 is 5.97 Å². The van der Waals surface area contributed by atoms with Crippen LogP contribution in [-0.4, -0.2) is 19.4 Å². The van der Waals surface area contributed by atoms with Crippen LogP contribution in [0.2, 0.25) is 18.1 Å². The van der Waals surface area contributed by atoms with Gasteiger partial charge in [-0.25, -0.2) is 9.18 Å². The summed E-state index contributed by atoms with van der Waals surface area (Å²) in [5, 5.41) is 8.96. The van der Waals surface area contributed by atoms with Crippen LogP contribution in [-0.2, 0) is 11.0 Å². The van der Waals surface area contributed by atoms with Crippen LogP contribution in [0.3, 0.4) is 0 Å². The van der Waals surface area contributed by atoms with Crippen LogP contribution in [0.5, 0.6) is 0 Å². The molecule has 106 valence electrons. The van der Waals surface area contributed by atoms with Gasteiger partial charge < -0.3 is 9.53 Å². The third-order valence-electron chi connectivity index (χ3n) is 3.67. The molecule has 0 atom stereocenters. The first-order valence-electron chi connectivity index (χ1n) is 6.20. The fraction of sp³-hybridized carbons (Fsp3) is 0.500. The molecule has 0 aliphatic carbocycles. The van der Waals surface area contributed by atoms with Gasteiger partial charge in [-0.2, -0.15) is 0 Å². The Balaban J connectivity index is 2.85. The van der Waals surface area contributed by atoms with Crippen molar-refractivity contribution in [2.24, 2.45) is 0 Å². The van der Waals surface area contributed by atoms with Crippen molar-refractivity contribution < 1.29 is 18.7 Å². The van der Waals surface area contributed by atoms with Crippen LogP contribution in [0, 0.1) is 5.82 Å². The molecule has 1 rings (SSSR count). The van der Waals surface area contributed by atoms with E-state index in [-0.39, 0.29) is 10.6 Å². The van der Waals surface area contributed by atoms with Crippen LogP contribution in [0.1, 0.15) is 36.7 Å². The molecule has 0 radical (unpaired) electrons. The summed E-state index contributed by atoms with van der Waals surface area (Å²) in [4.78, 5) is 10.9. The van der Waals surface area contributed by atoms with Gasteiger partial charge in [0.25, 0.3) is 0 Å². The van der Waals surface area contributed by atoms with Crippen LogP contribution < -0.4 is 0 Å². The van der Waals surface area contributed by atoms with Crippen LogP contribution in [0.15, 0.2) is 18.2 Å². The lowest BCUT2D eigenvalue weighted by Gasteiger charge is -2.36. The normalized spacial score (nSPS) is 12.5. The third kappa shape index (κ3) is 3.88. The summed E-state index contributed by atoms with van der Waals surface area (Å²) in [6.45, 7) is 11.0. The Morgan fingerprint density at radius 1 is 1.37 bits per heavy atom. The topological polar surface area (TPSA) is 46.5 Å². The van der Waals surface area contributed by atoms with Crippen LogP contribution >= 0.6 is 0 Å². The average Bonchev–Trinajstić information content (AvgIpc) is 2.26. The SMILES string of the molecule is CC(C)(C)[Si](C)(C)OCc1ccc(F)c(C(=O)O)c1. The molecule has 5 heteroatoms. The maximum Gasteiger partial charge on any atom is 0.338 e. The van der Waals surface area contributed by atoms with E-state index in [2.05, 4.69) is 33.9 Å². The summed E-state index contributed by atoms with van der Waals surface area (Å²) < 4.78 is 19.2. The fourth-order valence-corrected chi connectivity index (χ4v) is 2.27. The number of aromatic carboxylic acids is 1. The number of halogens is 1. The Morgan fingerprint density at radius 3 is 2.42 bits per heavy atom. The Kier molecular flexibility index (Phi) is 4.53. The summed E-state index contributed by atoms with van der Waals surface area (Å²) in [6.07, 6.45) is 0. The van der Waals surface area contributed by atoms with E-state index in [0.29, 0.717) is 12.2 Å². The molecule has 3 nitrogen and oxygen atoms in total. The van der Waals surface area contributed by atoms with E-state index in [1.54, 1.807) is 6.07 Å². The van der Waals surface area contributed by atoms with E-state index >= 15 is 0 Å². The highest BCUT2D eigenvalue weighted by Gasteiger charge is 2.37. The predicted octanol–water partition coefficient (Wildman–Crippen LogP) is 4.05. The lowest BCUT2D eigenvalue weighted by molar-refractivity contribution is 0.0691. The molecular weight excluding hydrogens is 263 g/mol. The van der Waals surface area contributed by atoms with Gasteiger partial charge in [0.15, 0.2) is 8.32 Å². The Hall–Kier alpha value is -1.20. The second kappa shape index (κ2) is 5.42. The molecule has 1 N–H and O–H groups in total. The van der Waals surface area contributed by atoms with Crippen molar-refractivity contribution in [3.63, 3.8) is 0 Å². The summed E-state index contributed by atoms with van der Waals surface area (Å²) in [6, 6.07) is 4.08. The van der Waals surface area contributed by atoms with Gasteiger partial charge in [-0.15, -0.1) is 0 Å². The molecule has 0 saturated carbocycles. The molecular formula is C14H21FO3Si. The number of hydrogen-bond acceptors (Lipinski definition) is 2. The molecule has 0 heterocycles. The van der Waals surface area contributed by atoms with E-state index in [4.69, 9.17) is 9.53 Å². The molecule has 0 unspecified atom stereocenters. The quantitative estimate of drug-likeness (QED) is 0.849. The third-order valence-corrected chi connectivity index (χ3v) is 8.15. The first-order chi connectivity index (χ1) is 8.54. The average molecular weight is 284 g/mol. The van der Waals surface area contributed by atoms with Crippen molar-refractivity contribution in [1.82, 2.24) is 0 Å². The van der Waals surface area contributed by atoms with Crippen molar-refractivity contribution in [3.8, 4) is 0 Å². The molecule has 0 bridgehead atoms. The molecule has 0 fully saturated rings. The van der Waals surface area contributed by atoms with Gasteiger partial charge in [-0.1, -0.05) is 26.8 Å². The molecule has 19 heavy (non-hydrogen) atoms. The second-order valence-corrected chi connectivity index (χ2v) is 11.0. The lowest BCUT2D eigenvalue weighted by Crippen LogP contribution is -2.40. The van der Waals surface area contributed by atoms with Crippen molar-refractivity contribution in [2.45, 2.75) is 45.5 Å². The first kappa shape index (κ1) is 15.9. The highest BCUT2D eigenvalue weighted by molar-refractivity contribution is 6.74. The van der Waals surface area contributed by atoms with Gasteiger partial charge in [-0.05, 0) is 35.8 Å². The number of carbonyl (C=O) groups is 1. The van der Waals surface area contributed by atoms with E-state index < -0.39 is 20.1 Å². The minimum absolute atomic E-state index is 0.0860. The van der Waals surface area contributed by atoms with Crippen molar-refractivity contribution in [3.05, 3.63) is 35.1 Å². The van der Waals surface area contributed by atoms with Gasteiger partial charge in [-0.3, -0.25) is 0 Å². The van der Waals surface area contributed by atoms with Crippen molar-refractivity contribution >= 4 is 14.3 Å². The number of carboxylic acids is 1. The van der Waals surface area contributed by atoms with Gasteiger partial charge in [0.1, 0.15) is 5.82 Å². The van der Waals surface area contributed by atoms with Gasteiger partial charge in [0.05, 0.1) is 12.2 Å². The lowest BCUT2D eigenvalue weighted by atomic mass is 10.1. The van der Waals surface area contributed by atoms with Gasteiger partial charge in [0.2, 0.25) is 0 Å². The molecule has 0 aliphatic heterocycles. The summed E-state index contributed by atoms with van der Waals surface area (Å²) in [5.41, 5.74) is 0.375. The summed E-state index contributed by atoms with van der Waals surface area (Å²) >= 11 is 0. The number of rotatable bonds is 4. The first-order valence-corrected chi connectivity index (χ1v) is 9.11. The van der Waals surface area contributed by atoms with Crippen molar-refractivity contribution in [1.29, 1.82) is 0 Å². The standard InChI is InChI=1S/C14H21FO3Si/c1-14(2,3)19(4,5)18-9-10-6-7-12(15)11(8-10)13(16)17/h6-8H,9H2,1-5H3,(H,16,17). The van der Waals surface area contributed by atoms with Crippen LogP contribution in [0.25, 0.3) is 0 Å². The van der Waals surface area contributed by atoms with E-state index in [9.17, 15) is 9.18 Å². The fourth-order valence-electron chi connectivity index (χ4n) is 1.31. The smallest absolute Gasteiger partial charge is 0.338 e. The van der Waals surface area contributed by atoms with Crippen LogP contribution in [0.4, 0.5) is 4.39 Å². The monoisotopic (exact) mass is 284 g/mol. The molecule has 0 aromatic heterocycles. The van der Waals surface area contributed by atoms with Crippen molar-refractivity contribution in [2.75, 3.05) is 0 Å². The van der Waals surface area contributed by atoms with Gasteiger partial charge in [0, 0.05) is 0 Å². The molecule has 0 spiro atoms. The maximum absolute atomic E-state index is 13.3. The number of carboxylic acid groups (broad SMARTS) is 1. The predicted molar refractivity (Wildman–Crippen MR) is 75.3 cm³/mol. The number of hydrogen-bond donors (Lipinski definition) is 1. The molecule has 1 aromatic rings. The Morgan fingerprint density at radius 2 is 1.95 bits per heavy atom. The molecule has 0 aliphatic rings. The zero-order valence-electron chi connectivity index (χ0n) is 12.1.